The Morgan fingerprint density at radius 1 is 0.905 bits per heavy atom. The third-order valence-electron chi connectivity index (χ3n) is 3.04. The predicted molar refractivity (Wildman–Crippen MR) is 81.6 cm³/mol. The molecule has 5 heteroatoms. The highest BCUT2D eigenvalue weighted by atomic mass is 16.2. The van der Waals surface area contributed by atoms with Gasteiger partial charge in [-0.3, -0.25) is 9.59 Å². The van der Waals surface area contributed by atoms with Gasteiger partial charge in [0.15, 0.2) is 0 Å². The molecular weight excluding hydrogens is 266 g/mol. The third-order valence-corrected chi connectivity index (χ3v) is 3.04. The molecule has 0 aliphatic rings. The van der Waals surface area contributed by atoms with Crippen LogP contribution < -0.4 is 16.8 Å². The largest absolute Gasteiger partial charge is 0.369 e. The zero-order valence-corrected chi connectivity index (χ0v) is 11.5. The molecule has 0 atom stereocenters. The van der Waals surface area contributed by atoms with E-state index < -0.39 is 0 Å². The van der Waals surface area contributed by atoms with Gasteiger partial charge in [0.2, 0.25) is 5.91 Å². The van der Waals surface area contributed by atoms with Crippen molar-refractivity contribution >= 4 is 17.5 Å². The minimum Gasteiger partial charge on any atom is -0.369 e. The van der Waals surface area contributed by atoms with Crippen LogP contribution in [0.3, 0.4) is 0 Å². The number of anilines is 1. The van der Waals surface area contributed by atoms with Gasteiger partial charge in [-0.1, -0.05) is 24.3 Å². The van der Waals surface area contributed by atoms with Crippen LogP contribution in [0.1, 0.15) is 21.5 Å². The van der Waals surface area contributed by atoms with Crippen molar-refractivity contribution in [2.45, 2.75) is 13.0 Å². The highest BCUT2D eigenvalue weighted by Crippen LogP contribution is 2.12. The van der Waals surface area contributed by atoms with E-state index in [-0.39, 0.29) is 18.2 Å². The summed E-state index contributed by atoms with van der Waals surface area (Å²) in [5.41, 5.74) is 13.7. The standard InChI is InChI=1S/C16H17N3O2/c17-10-12-1-5-13(6-2-12)16(21)19-14-7-3-11(4-8-14)9-15(18)20/h1-8H,9-10,17H2,(H2,18,20)(H,19,21). The predicted octanol–water partition coefficient (Wildman–Crippen LogP) is 1.43. The van der Waals surface area contributed by atoms with Crippen LogP contribution in [0.25, 0.3) is 0 Å². The SMILES string of the molecule is NCc1ccc(C(=O)Nc2ccc(CC(N)=O)cc2)cc1. The first-order valence-electron chi connectivity index (χ1n) is 6.56. The molecule has 0 bridgehead atoms. The molecule has 0 unspecified atom stereocenters. The van der Waals surface area contributed by atoms with Crippen molar-refractivity contribution in [1.29, 1.82) is 0 Å². The van der Waals surface area contributed by atoms with Crippen molar-refractivity contribution in [3.8, 4) is 0 Å². The maximum Gasteiger partial charge on any atom is 0.255 e. The molecule has 0 aliphatic heterocycles. The van der Waals surface area contributed by atoms with Gasteiger partial charge in [0, 0.05) is 17.8 Å². The second-order valence-electron chi connectivity index (χ2n) is 4.70. The Morgan fingerprint density at radius 2 is 1.48 bits per heavy atom. The molecule has 5 N–H and O–H groups in total. The van der Waals surface area contributed by atoms with Crippen LogP contribution in [0, 0.1) is 0 Å². The van der Waals surface area contributed by atoms with Gasteiger partial charge in [0.05, 0.1) is 6.42 Å². The van der Waals surface area contributed by atoms with Gasteiger partial charge < -0.3 is 16.8 Å². The van der Waals surface area contributed by atoms with Crippen molar-refractivity contribution in [3.05, 3.63) is 65.2 Å². The molecule has 0 saturated heterocycles. The molecule has 2 aromatic rings. The first-order chi connectivity index (χ1) is 10.1. The van der Waals surface area contributed by atoms with Crippen molar-refractivity contribution in [2.75, 3.05) is 5.32 Å². The van der Waals surface area contributed by atoms with Crippen LogP contribution in [-0.2, 0) is 17.8 Å². The van der Waals surface area contributed by atoms with E-state index in [1.54, 1.807) is 36.4 Å². The van der Waals surface area contributed by atoms with Gasteiger partial charge in [-0.05, 0) is 35.4 Å². The molecule has 0 fully saturated rings. The summed E-state index contributed by atoms with van der Waals surface area (Å²) in [6.45, 7) is 0.448. The van der Waals surface area contributed by atoms with Crippen LogP contribution in [0.15, 0.2) is 48.5 Å². The molecule has 0 aromatic heterocycles. The number of primary amides is 1. The summed E-state index contributed by atoms with van der Waals surface area (Å²) in [6.07, 6.45) is 0.189. The highest BCUT2D eigenvalue weighted by Gasteiger charge is 2.06. The van der Waals surface area contributed by atoms with E-state index in [9.17, 15) is 9.59 Å². The van der Waals surface area contributed by atoms with Gasteiger partial charge in [-0.2, -0.15) is 0 Å². The molecule has 0 spiro atoms. The number of rotatable bonds is 5. The number of carbonyl (C=O) groups excluding carboxylic acids is 2. The number of hydrogen-bond donors (Lipinski definition) is 3. The van der Waals surface area contributed by atoms with Gasteiger partial charge in [0.25, 0.3) is 5.91 Å². The Balaban J connectivity index is 2.03. The lowest BCUT2D eigenvalue weighted by atomic mass is 10.1. The van der Waals surface area contributed by atoms with E-state index >= 15 is 0 Å². The van der Waals surface area contributed by atoms with Crippen molar-refractivity contribution in [3.63, 3.8) is 0 Å². The molecule has 5 nitrogen and oxygen atoms in total. The van der Waals surface area contributed by atoms with E-state index in [4.69, 9.17) is 11.5 Å². The topological polar surface area (TPSA) is 98.2 Å². The van der Waals surface area contributed by atoms with E-state index in [0.717, 1.165) is 11.1 Å². The van der Waals surface area contributed by atoms with Crippen LogP contribution in [0.5, 0.6) is 0 Å². The Kier molecular flexibility index (Phi) is 4.68. The maximum atomic E-state index is 12.1. The first kappa shape index (κ1) is 14.7. The number of nitrogens with two attached hydrogens (primary N) is 2. The maximum absolute atomic E-state index is 12.1. The molecule has 2 rings (SSSR count). The molecule has 108 valence electrons. The van der Waals surface area contributed by atoms with E-state index in [1.165, 1.54) is 0 Å². The van der Waals surface area contributed by atoms with Gasteiger partial charge in [-0.15, -0.1) is 0 Å². The van der Waals surface area contributed by atoms with Gasteiger partial charge >= 0.3 is 0 Å². The fraction of sp³-hybridized carbons (Fsp3) is 0.125. The molecular formula is C16H17N3O2. The molecule has 2 aromatic carbocycles. The lowest BCUT2D eigenvalue weighted by Gasteiger charge is -2.07. The number of benzene rings is 2. The molecule has 0 radical (unpaired) electrons. The van der Waals surface area contributed by atoms with Gasteiger partial charge in [0.1, 0.15) is 0 Å². The number of carbonyl (C=O) groups is 2. The smallest absolute Gasteiger partial charge is 0.255 e. The minimum atomic E-state index is -0.383. The summed E-state index contributed by atoms with van der Waals surface area (Å²) in [5, 5.41) is 2.79. The third kappa shape index (κ3) is 4.15. The Hall–Kier alpha value is -2.66. The summed E-state index contributed by atoms with van der Waals surface area (Å²) in [7, 11) is 0. The fourth-order valence-electron chi connectivity index (χ4n) is 1.90. The molecule has 21 heavy (non-hydrogen) atoms. The molecule has 0 aliphatic carbocycles. The van der Waals surface area contributed by atoms with Crippen molar-refractivity contribution in [1.82, 2.24) is 0 Å². The number of nitrogens with one attached hydrogen (secondary N) is 1. The highest BCUT2D eigenvalue weighted by molar-refractivity contribution is 6.04. The Morgan fingerprint density at radius 3 is 2.00 bits per heavy atom. The Bertz CT molecular complexity index is 634. The average molecular weight is 283 g/mol. The zero-order valence-electron chi connectivity index (χ0n) is 11.5. The summed E-state index contributed by atoms with van der Waals surface area (Å²) in [4.78, 5) is 22.9. The summed E-state index contributed by atoms with van der Waals surface area (Å²) >= 11 is 0. The summed E-state index contributed by atoms with van der Waals surface area (Å²) in [5.74, 6) is -0.576. The minimum absolute atomic E-state index is 0.189. The average Bonchev–Trinajstić information content (AvgIpc) is 2.49. The second kappa shape index (κ2) is 6.67. The van der Waals surface area contributed by atoms with Crippen LogP contribution >= 0.6 is 0 Å². The Labute approximate surface area is 123 Å². The monoisotopic (exact) mass is 283 g/mol. The molecule has 0 heterocycles. The fourth-order valence-corrected chi connectivity index (χ4v) is 1.90. The van der Waals surface area contributed by atoms with E-state index in [2.05, 4.69) is 5.32 Å². The number of hydrogen-bond acceptors (Lipinski definition) is 3. The van der Waals surface area contributed by atoms with Crippen LogP contribution in [-0.4, -0.2) is 11.8 Å². The zero-order chi connectivity index (χ0) is 15.2. The van der Waals surface area contributed by atoms with Crippen molar-refractivity contribution < 1.29 is 9.59 Å². The van der Waals surface area contributed by atoms with E-state index in [1.807, 2.05) is 12.1 Å². The molecule has 0 saturated carbocycles. The lowest BCUT2D eigenvalue weighted by molar-refractivity contribution is -0.117. The summed E-state index contributed by atoms with van der Waals surface area (Å²) < 4.78 is 0. The van der Waals surface area contributed by atoms with E-state index in [0.29, 0.717) is 17.8 Å². The van der Waals surface area contributed by atoms with Crippen LogP contribution in [0.2, 0.25) is 0 Å². The van der Waals surface area contributed by atoms with Crippen molar-refractivity contribution in [2.24, 2.45) is 11.5 Å². The van der Waals surface area contributed by atoms with Gasteiger partial charge in [-0.25, -0.2) is 0 Å². The quantitative estimate of drug-likeness (QED) is 0.774. The second-order valence-corrected chi connectivity index (χ2v) is 4.70. The molecule has 2 amide bonds. The summed E-state index contributed by atoms with van der Waals surface area (Å²) in [6, 6.07) is 14.1. The normalized spacial score (nSPS) is 10.1. The van der Waals surface area contributed by atoms with Crippen LogP contribution in [0.4, 0.5) is 5.69 Å². The first-order valence-corrected chi connectivity index (χ1v) is 6.56. The lowest BCUT2D eigenvalue weighted by Crippen LogP contribution is -2.14. The number of amides is 2.